The van der Waals surface area contributed by atoms with Gasteiger partial charge in [-0.05, 0) is 43.7 Å². The molecule has 2 rings (SSSR count). The van der Waals surface area contributed by atoms with E-state index < -0.39 is 0 Å². The van der Waals surface area contributed by atoms with Crippen LogP contribution in [0.4, 0.5) is 5.69 Å². The van der Waals surface area contributed by atoms with Crippen LogP contribution in [0, 0.1) is 0 Å². The second-order valence-electron chi connectivity index (χ2n) is 4.19. The molecule has 0 spiro atoms. The maximum atomic E-state index is 12.1. The van der Waals surface area contributed by atoms with Crippen LogP contribution in [-0.4, -0.2) is 24.9 Å². The molecule has 0 aromatic heterocycles. The lowest BCUT2D eigenvalue weighted by molar-refractivity contribution is 0.0952. The molecule has 3 nitrogen and oxygen atoms in total. The number of fused-ring (bicyclic) bond motifs is 1. The van der Waals surface area contributed by atoms with Gasteiger partial charge in [0.2, 0.25) is 0 Å². The summed E-state index contributed by atoms with van der Waals surface area (Å²) >= 11 is 0. The molecule has 1 aromatic carbocycles. The zero-order valence-electron chi connectivity index (χ0n) is 9.84. The first-order valence-corrected chi connectivity index (χ1v) is 5.86. The van der Waals surface area contributed by atoms with E-state index in [0.29, 0.717) is 0 Å². The number of Topliss-reactive ketones (excluding diaryl/α,β-unsaturated/α-hetero) is 1. The highest BCUT2D eigenvalue weighted by atomic mass is 16.1. The Morgan fingerprint density at radius 1 is 1.56 bits per heavy atom. The molecule has 0 aliphatic carbocycles. The number of carbonyl (C=O) groups is 1. The van der Waals surface area contributed by atoms with Crippen LogP contribution < -0.4 is 10.6 Å². The lowest BCUT2D eigenvalue weighted by Crippen LogP contribution is -2.33. The molecule has 1 heterocycles. The quantitative estimate of drug-likeness (QED) is 0.758. The van der Waals surface area contributed by atoms with Crippen molar-refractivity contribution in [1.29, 1.82) is 0 Å². The Morgan fingerprint density at radius 2 is 2.38 bits per heavy atom. The average Bonchev–Trinajstić information content (AvgIpc) is 2.75. The van der Waals surface area contributed by atoms with Gasteiger partial charge in [0.1, 0.15) is 0 Å². The summed E-state index contributed by atoms with van der Waals surface area (Å²) in [5.41, 5.74) is 3.25. The summed E-state index contributed by atoms with van der Waals surface area (Å²) in [5, 5.41) is 6.44. The molecule has 1 unspecified atom stereocenters. The fourth-order valence-electron chi connectivity index (χ4n) is 2.11. The summed E-state index contributed by atoms with van der Waals surface area (Å²) in [6, 6.07) is 5.84. The fraction of sp³-hybridized carbons (Fsp3) is 0.462. The monoisotopic (exact) mass is 218 g/mol. The van der Waals surface area contributed by atoms with Crippen LogP contribution in [0.25, 0.3) is 0 Å². The molecular weight excluding hydrogens is 200 g/mol. The van der Waals surface area contributed by atoms with Gasteiger partial charge in [-0.1, -0.05) is 6.92 Å². The summed E-state index contributed by atoms with van der Waals surface area (Å²) in [6.45, 7) is 5.73. The lowest BCUT2D eigenvalue weighted by Gasteiger charge is -2.11. The molecule has 1 aliphatic heterocycles. The number of nitrogens with one attached hydrogen (secondary N) is 2. The van der Waals surface area contributed by atoms with Gasteiger partial charge in [0.05, 0.1) is 6.04 Å². The number of carbonyl (C=O) groups excluding carboxylic acids is 1. The molecule has 0 saturated heterocycles. The topological polar surface area (TPSA) is 41.1 Å². The number of likely N-dealkylation sites (N-methyl/N-ethyl adjacent to an activating group) is 1. The summed E-state index contributed by atoms with van der Waals surface area (Å²) in [5.74, 6) is 0.177. The van der Waals surface area contributed by atoms with Gasteiger partial charge in [-0.2, -0.15) is 0 Å². The third-order valence-electron chi connectivity index (χ3n) is 3.00. The Kier molecular flexibility index (Phi) is 3.25. The first kappa shape index (κ1) is 11.1. The first-order chi connectivity index (χ1) is 7.72. The van der Waals surface area contributed by atoms with Gasteiger partial charge in [-0.15, -0.1) is 0 Å². The van der Waals surface area contributed by atoms with Crippen LogP contribution in [0.15, 0.2) is 18.2 Å². The van der Waals surface area contributed by atoms with E-state index in [2.05, 4.69) is 10.6 Å². The van der Waals surface area contributed by atoms with Crippen molar-refractivity contribution < 1.29 is 4.79 Å². The highest BCUT2D eigenvalue weighted by Crippen LogP contribution is 2.23. The number of rotatable bonds is 4. The number of anilines is 1. The van der Waals surface area contributed by atoms with Gasteiger partial charge in [-0.25, -0.2) is 0 Å². The molecule has 3 heteroatoms. The first-order valence-electron chi connectivity index (χ1n) is 5.86. The summed E-state index contributed by atoms with van der Waals surface area (Å²) in [4.78, 5) is 12.1. The van der Waals surface area contributed by atoms with Crippen molar-refractivity contribution in [2.24, 2.45) is 0 Å². The number of hydrogen-bond donors (Lipinski definition) is 2. The average molecular weight is 218 g/mol. The Bertz CT molecular complexity index is 401. The zero-order chi connectivity index (χ0) is 11.5. The van der Waals surface area contributed by atoms with Crippen molar-refractivity contribution in [2.45, 2.75) is 26.3 Å². The van der Waals surface area contributed by atoms with Crippen molar-refractivity contribution in [3.63, 3.8) is 0 Å². The lowest BCUT2D eigenvalue weighted by atomic mass is 10.0. The highest BCUT2D eigenvalue weighted by molar-refractivity contribution is 6.00. The third kappa shape index (κ3) is 2.09. The molecule has 1 aromatic rings. The third-order valence-corrected chi connectivity index (χ3v) is 3.00. The van der Waals surface area contributed by atoms with Crippen LogP contribution >= 0.6 is 0 Å². The number of hydrogen-bond acceptors (Lipinski definition) is 3. The van der Waals surface area contributed by atoms with E-state index in [0.717, 1.165) is 25.1 Å². The molecule has 1 aliphatic rings. The maximum Gasteiger partial charge on any atom is 0.179 e. The SMILES string of the molecule is CCNC(C)C(=O)c1ccc2c(c1)CCN2. The van der Waals surface area contributed by atoms with Crippen molar-refractivity contribution in [1.82, 2.24) is 5.32 Å². The smallest absolute Gasteiger partial charge is 0.179 e. The molecule has 2 N–H and O–H groups in total. The van der Waals surface area contributed by atoms with Crippen LogP contribution in [-0.2, 0) is 6.42 Å². The molecule has 86 valence electrons. The Morgan fingerprint density at radius 3 is 3.12 bits per heavy atom. The Hall–Kier alpha value is -1.35. The molecule has 0 amide bonds. The maximum absolute atomic E-state index is 12.1. The largest absolute Gasteiger partial charge is 0.384 e. The van der Waals surface area contributed by atoms with Crippen LogP contribution in [0.3, 0.4) is 0 Å². The normalized spacial score (nSPS) is 15.4. The minimum absolute atomic E-state index is 0.0996. The predicted octanol–water partition coefficient (Wildman–Crippen LogP) is 1.84. The van der Waals surface area contributed by atoms with E-state index in [1.54, 1.807) is 0 Å². The van der Waals surface area contributed by atoms with E-state index in [1.165, 1.54) is 11.3 Å². The van der Waals surface area contributed by atoms with Gasteiger partial charge >= 0.3 is 0 Å². The minimum atomic E-state index is -0.0996. The molecule has 0 saturated carbocycles. The van der Waals surface area contributed by atoms with Gasteiger partial charge in [0.15, 0.2) is 5.78 Å². The van der Waals surface area contributed by atoms with Gasteiger partial charge < -0.3 is 10.6 Å². The van der Waals surface area contributed by atoms with Crippen molar-refractivity contribution >= 4 is 11.5 Å². The fourth-order valence-corrected chi connectivity index (χ4v) is 2.11. The number of benzene rings is 1. The standard InChI is InChI=1S/C13H18N2O/c1-3-14-9(2)13(16)11-4-5-12-10(8-11)6-7-15-12/h4-5,8-9,14-15H,3,6-7H2,1-2H3. The Labute approximate surface area is 96.2 Å². The van der Waals surface area contributed by atoms with Crippen molar-refractivity contribution in [3.05, 3.63) is 29.3 Å². The minimum Gasteiger partial charge on any atom is -0.384 e. The highest BCUT2D eigenvalue weighted by Gasteiger charge is 2.17. The van der Waals surface area contributed by atoms with E-state index >= 15 is 0 Å². The van der Waals surface area contributed by atoms with E-state index in [4.69, 9.17) is 0 Å². The van der Waals surface area contributed by atoms with E-state index in [9.17, 15) is 4.79 Å². The molecule has 16 heavy (non-hydrogen) atoms. The van der Waals surface area contributed by atoms with Crippen LogP contribution in [0.5, 0.6) is 0 Å². The second-order valence-corrected chi connectivity index (χ2v) is 4.19. The van der Waals surface area contributed by atoms with Crippen LogP contribution in [0.2, 0.25) is 0 Å². The van der Waals surface area contributed by atoms with Gasteiger partial charge in [-0.3, -0.25) is 4.79 Å². The summed E-state index contributed by atoms with van der Waals surface area (Å²) < 4.78 is 0. The van der Waals surface area contributed by atoms with E-state index in [1.807, 2.05) is 32.0 Å². The van der Waals surface area contributed by atoms with Gasteiger partial charge in [0, 0.05) is 17.8 Å². The summed E-state index contributed by atoms with van der Waals surface area (Å²) in [7, 11) is 0. The van der Waals surface area contributed by atoms with Crippen molar-refractivity contribution in [3.8, 4) is 0 Å². The number of ketones is 1. The predicted molar refractivity (Wildman–Crippen MR) is 66.1 cm³/mol. The Balaban J connectivity index is 2.18. The van der Waals surface area contributed by atoms with E-state index in [-0.39, 0.29) is 11.8 Å². The molecule has 0 fully saturated rings. The second kappa shape index (κ2) is 4.66. The van der Waals surface area contributed by atoms with Crippen LogP contribution in [0.1, 0.15) is 29.8 Å². The molecule has 0 radical (unpaired) electrons. The molecular formula is C13H18N2O. The zero-order valence-corrected chi connectivity index (χ0v) is 9.84. The summed E-state index contributed by atoms with van der Waals surface area (Å²) in [6.07, 6.45) is 1.02. The molecule has 0 bridgehead atoms. The van der Waals surface area contributed by atoms with Crippen molar-refractivity contribution in [2.75, 3.05) is 18.4 Å². The molecule has 1 atom stereocenters. The van der Waals surface area contributed by atoms with Gasteiger partial charge in [0.25, 0.3) is 0 Å².